The van der Waals surface area contributed by atoms with Crippen LogP contribution in [0, 0.1) is 5.82 Å². The fraction of sp³-hybridized carbons (Fsp3) is 0. The molecule has 0 saturated heterocycles. The highest BCUT2D eigenvalue weighted by atomic mass is 32.2. The van der Waals surface area contributed by atoms with Gasteiger partial charge in [-0.15, -0.1) is 11.3 Å². The lowest BCUT2D eigenvalue weighted by molar-refractivity contribution is 0.570. The van der Waals surface area contributed by atoms with Crippen molar-refractivity contribution in [2.75, 3.05) is 10.0 Å². The molecule has 8 heteroatoms. The van der Waals surface area contributed by atoms with Gasteiger partial charge in [0, 0.05) is 28.5 Å². The molecule has 0 amide bonds. The molecule has 0 aliphatic rings. The molecule has 0 radical (unpaired) electrons. The van der Waals surface area contributed by atoms with Gasteiger partial charge in [0.1, 0.15) is 10.7 Å². The number of anilines is 3. The second kappa shape index (κ2) is 8.02. The smallest absolute Gasteiger partial charge is 0.266 e. The van der Waals surface area contributed by atoms with E-state index in [-0.39, 0.29) is 5.13 Å². The summed E-state index contributed by atoms with van der Waals surface area (Å²) in [6.45, 7) is 0. The van der Waals surface area contributed by atoms with Crippen LogP contribution in [0.15, 0.2) is 89.3 Å². The Labute approximate surface area is 171 Å². The number of sulfonamides is 1. The molecule has 0 saturated carbocycles. The van der Waals surface area contributed by atoms with Gasteiger partial charge in [-0.25, -0.2) is 17.8 Å². The maximum atomic E-state index is 14.6. The predicted molar refractivity (Wildman–Crippen MR) is 114 cm³/mol. The van der Waals surface area contributed by atoms with Crippen molar-refractivity contribution in [3.8, 4) is 11.1 Å². The molecule has 4 aromatic rings. The molecule has 4 rings (SSSR count). The quantitative estimate of drug-likeness (QED) is 0.428. The van der Waals surface area contributed by atoms with Gasteiger partial charge < -0.3 is 5.32 Å². The number of thiazole rings is 1. The molecule has 3 aromatic carbocycles. The molecule has 0 spiro atoms. The average molecular weight is 426 g/mol. The molecule has 2 N–H and O–H groups in total. The maximum absolute atomic E-state index is 14.6. The lowest BCUT2D eigenvalue weighted by Gasteiger charge is -2.13. The summed E-state index contributed by atoms with van der Waals surface area (Å²) in [5.74, 6) is -0.851. The van der Waals surface area contributed by atoms with Crippen LogP contribution >= 0.6 is 11.3 Å². The van der Waals surface area contributed by atoms with E-state index in [1.54, 1.807) is 5.38 Å². The van der Waals surface area contributed by atoms with E-state index in [0.717, 1.165) is 34.2 Å². The second-order valence-corrected chi connectivity index (χ2v) is 8.67. The molecule has 1 aromatic heterocycles. The Kier molecular flexibility index (Phi) is 5.28. The van der Waals surface area contributed by atoms with E-state index in [2.05, 4.69) is 15.0 Å². The highest BCUT2D eigenvalue weighted by Gasteiger charge is 2.20. The fourth-order valence-corrected chi connectivity index (χ4v) is 4.71. The highest BCUT2D eigenvalue weighted by molar-refractivity contribution is 7.93. The van der Waals surface area contributed by atoms with E-state index in [4.69, 9.17) is 0 Å². The number of hydrogen-bond donors (Lipinski definition) is 2. The van der Waals surface area contributed by atoms with E-state index in [9.17, 15) is 12.8 Å². The van der Waals surface area contributed by atoms with Crippen molar-refractivity contribution in [1.29, 1.82) is 0 Å². The number of rotatable bonds is 6. The number of halogens is 1. The zero-order chi connectivity index (χ0) is 20.3. The van der Waals surface area contributed by atoms with Gasteiger partial charge >= 0.3 is 0 Å². The molecular formula is C21H16FN3O2S2. The number of hydrogen-bond acceptors (Lipinski definition) is 5. The van der Waals surface area contributed by atoms with Crippen molar-refractivity contribution in [1.82, 2.24) is 4.98 Å². The summed E-state index contributed by atoms with van der Waals surface area (Å²) < 4.78 is 41.7. The van der Waals surface area contributed by atoms with Gasteiger partial charge in [-0.1, -0.05) is 48.5 Å². The Hall–Kier alpha value is -3.23. The molecule has 146 valence electrons. The van der Waals surface area contributed by atoms with Crippen LogP contribution in [0.25, 0.3) is 11.1 Å². The Morgan fingerprint density at radius 2 is 1.69 bits per heavy atom. The van der Waals surface area contributed by atoms with Crippen LogP contribution in [0.3, 0.4) is 0 Å². The largest absolute Gasteiger partial charge is 0.355 e. The molecule has 0 unspecified atom stereocenters. The predicted octanol–water partition coefficient (Wildman–Crippen LogP) is 5.49. The third-order valence-corrected chi connectivity index (χ3v) is 6.36. The number of benzene rings is 3. The first kappa shape index (κ1) is 19.1. The Morgan fingerprint density at radius 1 is 0.931 bits per heavy atom. The zero-order valence-corrected chi connectivity index (χ0v) is 16.7. The van der Waals surface area contributed by atoms with E-state index >= 15 is 0 Å². The molecule has 1 heterocycles. The summed E-state index contributed by atoms with van der Waals surface area (Å²) in [7, 11) is -4.06. The number of nitrogens with one attached hydrogen (secondary N) is 2. The summed E-state index contributed by atoms with van der Waals surface area (Å²) >= 11 is 1.12. The van der Waals surface area contributed by atoms with Gasteiger partial charge in [0.05, 0.1) is 0 Å². The SMILES string of the molecule is O=S(=O)(Nc1nccs1)c1ccc(Nc2ccccc2-c2ccccc2)cc1F. The van der Waals surface area contributed by atoms with Gasteiger partial charge in [-0.2, -0.15) is 0 Å². The van der Waals surface area contributed by atoms with Crippen molar-refractivity contribution in [2.24, 2.45) is 0 Å². The summed E-state index contributed by atoms with van der Waals surface area (Å²) in [6, 6.07) is 21.4. The first-order valence-corrected chi connectivity index (χ1v) is 11.0. The van der Waals surface area contributed by atoms with Gasteiger partial charge in [0.2, 0.25) is 0 Å². The Bertz CT molecular complexity index is 1230. The standard InChI is InChI=1S/C21H16FN3O2S2/c22-18-14-16(10-11-20(18)29(26,27)25-21-23-12-13-28-21)24-19-9-5-4-8-17(19)15-6-2-1-3-7-15/h1-14,24H,(H,23,25). The maximum Gasteiger partial charge on any atom is 0.266 e. The van der Waals surface area contributed by atoms with Crippen LogP contribution < -0.4 is 10.0 Å². The first-order chi connectivity index (χ1) is 14.0. The van der Waals surface area contributed by atoms with Crippen LogP contribution in [0.2, 0.25) is 0 Å². The number of para-hydroxylation sites is 1. The van der Waals surface area contributed by atoms with Crippen LogP contribution in [-0.4, -0.2) is 13.4 Å². The minimum atomic E-state index is -4.06. The van der Waals surface area contributed by atoms with Gasteiger partial charge in [0.15, 0.2) is 5.13 Å². The minimum absolute atomic E-state index is 0.184. The van der Waals surface area contributed by atoms with Crippen molar-refractivity contribution in [3.05, 3.63) is 90.2 Å². The van der Waals surface area contributed by atoms with Crippen LogP contribution in [-0.2, 0) is 10.0 Å². The monoisotopic (exact) mass is 425 g/mol. The lowest BCUT2D eigenvalue weighted by atomic mass is 10.0. The normalized spacial score (nSPS) is 11.2. The molecule has 0 aliphatic heterocycles. The number of nitrogens with zero attached hydrogens (tertiary/aromatic N) is 1. The summed E-state index contributed by atoms with van der Waals surface area (Å²) in [4.78, 5) is 3.43. The van der Waals surface area contributed by atoms with Crippen LogP contribution in [0.5, 0.6) is 0 Å². The zero-order valence-electron chi connectivity index (χ0n) is 15.0. The molecular weight excluding hydrogens is 409 g/mol. The fourth-order valence-electron chi connectivity index (χ4n) is 2.86. The van der Waals surface area contributed by atoms with Gasteiger partial charge in [-0.3, -0.25) is 4.72 Å². The Morgan fingerprint density at radius 3 is 2.41 bits per heavy atom. The van der Waals surface area contributed by atoms with E-state index in [0.29, 0.717) is 5.69 Å². The van der Waals surface area contributed by atoms with Gasteiger partial charge in [-0.05, 0) is 29.8 Å². The van der Waals surface area contributed by atoms with Crippen molar-refractivity contribution < 1.29 is 12.8 Å². The van der Waals surface area contributed by atoms with Crippen LogP contribution in [0.1, 0.15) is 0 Å². The highest BCUT2D eigenvalue weighted by Crippen LogP contribution is 2.31. The minimum Gasteiger partial charge on any atom is -0.355 e. The van der Waals surface area contributed by atoms with E-state index in [1.807, 2.05) is 54.6 Å². The second-order valence-electron chi connectivity index (χ2n) is 6.12. The van der Waals surface area contributed by atoms with Crippen molar-refractivity contribution >= 4 is 37.9 Å². The summed E-state index contributed by atoms with van der Waals surface area (Å²) in [6.07, 6.45) is 1.47. The lowest BCUT2D eigenvalue weighted by Crippen LogP contribution is -2.14. The van der Waals surface area contributed by atoms with Crippen LogP contribution in [0.4, 0.5) is 20.9 Å². The molecule has 0 atom stereocenters. The van der Waals surface area contributed by atoms with E-state index < -0.39 is 20.7 Å². The topological polar surface area (TPSA) is 71.1 Å². The van der Waals surface area contributed by atoms with E-state index in [1.165, 1.54) is 18.3 Å². The first-order valence-electron chi connectivity index (χ1n) is 8.66. The molecule has 29 heavy (non-hydrogen) atoms. The molecule has 0 aliphatic carbocycles. The molecule has 0 bridgehead atoms. The Balaban J connectivity index is 1.62. The summed E-state index contributed by atoms with van der Waals surface area (Å²) in [5.41, 5.74) is 3.20. The van der Waals surface area contributed by atoms with Crippen molar-refractivity contribution in [3.63, 3.8) is 0 Å². The summed E-state index contributed by atoms with van der Waals surface area (Å²) in [5, 5.41) is 4.98. The van der Waals surface area contributed by atoms with Gasteiger partial charge in [0.25, 0.3) is 10.0 Å². The van der Waals surface area contributed by atoms with Crippen molar-refractivity contribution in [2.45, 2.75) is 4.90 Å². The third kappa shape index (κ3) is 4.28. The molecule has 5 nitrogen and oxygen atoms in total. The number of aromatic nitrogens is 1. The molecule has 0 fully saturated rings. The third-order valence-electron chi connectivity index (χ3n) is 4.17. The average Bonchev–Trinajstić information content (AvgIpc) is 3.21.